The van der Waals surface area contributed by atoms with Crippen LogP contribution in [0.15, 0.2) is 48.1 Å². The molecule has 1 unspecified atom stereocenters. The number of thiazole rings is 1. The summed E-state index contributed by atoms with van der Waals surface area (Å²) in [5, 5.41) is 9.87. The first-order valence-corrected chi connectivity index (χ1v) is 10.6. The number of rotatable bonds is 6. The molecule has 2 aromatic heterocycles. The maximum atomic E-state index is 12.5. The van der Waals surface area contributed by atoms with Gasteiger partial charge < -0.3 is 0 Å². The lowest BCUT2D eigenvalue weighted by Crippen LogP contribution is -2.33. The lowest BCUT2D eigenvalue weighted by atomic mass is 10.0. The van der Waals surface area contributed by atoms with E-state index < -0.39 is 0 Å². The monoisotopic (exact) mass is 395 g/mol. The molecule has 1 aromatic carbocycles. The number of nitrogens with zero attached hydrogens (tertiary/aromatic N) is 4. The Labute approximate surface area is 169 Å². The Morgan fingerprint density at radius 2 is 2.14 bits per heavy atom. The predicted octanol–water partition coefficient (Wildman–Crippen LogP) is 3.87. The molecule has 28 heavy (non-hydrogen) atoms. The van der Waals surface area contributed by atoms with Crippen LogP contribution in [0.1, 0.15) is 41.4 Å². The Bertz CT molecular complexity index is 920. The van der Waals surface area contributed by atoms with Crippen LogP contribution in [0.4, 0.5) is 5.13 Å². The van der Waals surface area contributed by atoms with Crippen molar-refractivity contribution in [2.45, 2.75) is 32.9 Å². The summed E-state index contributed by atoms with van der Waals surface area (Å²) in [4.78, 5) is 19.5. The fourth-order valence-electron chi connectivity index (χ4n) is 3.60. The van der Waals surface area contributed by atoms with Crippen LogP contribution in [0.25, 0.3) is 0 Å². The van der Waals surface area contributed by atoms with Gasteiger partial charge in [-0.05, 0) is 30.9 Å². The minimum Gasteiger partial charge on any atom is -0.298 e. The van der Waals surface area contributed by atoms with Gasteiger partial charge in [-0.2, -0.15) is 5.10 Å². The van der Waals surface area contributed by atoms with Crippen LogP contribution in [0.3, 0.4) is 0 Å². The van der Waals surface area contributed by atoms with Gasteiger partial charge in [-0.25, -0.2) is 4.98 Å². The van der Waals surface area contributed by atoms with Crippen LogP contribution in [0, 0.1) is 5.92 Å². The Morgan fingerprint density at radius 1 is 1.29 bits per heavy atom. The number of aromatic nitrogens is 3. The summed E-state index contributed by atoms with van der Waals surface area (Å²) in [6.45, 7) is 6.05. The van der Waals surface area contributed by atoms with Crippen molar-refractivity contribution in [3.05, 3.63) is 64.9 Å². The summed E-state index contributed by atoms with van der Waals surface area (Å²) in [6, 6.07) is 10.1. The molecular formula is C21H25N5OS. The molecule has 0 radical (unpaired) electrons. The second-order valence-corrected chi connectivity index (χ2v) is 8.35. The fourth-order valence-corrected chi connectivity index (χ4v) is 4.30. The van der Waals surface area contributed by atoms with Crippen LogP contribution >= 0.6 is 11.3 Å². The normalized spacial score (nSPS) is 17.5. The lowest BCUT2D eigenvalue weighted by molar-refractivity contribution is 0.102. The molecule has 1 atom stereocenters. The Hall–Kier alpha value is -2.51. The molecule has 0 saturated carbocycles. The summed E-state index contributed by atoms with van der Waals surface area (Å²) in [5.41, 5.74) is 2.71. The number of amides is 1. The van der Waals surface area contributed by atoms with Crippen LogP contribution < -0.4 is 5.32 Å². The quantitative estimate of drug-likeness (QED) is 0.688. The number of carbonyl (C=O) groups excluding carboxylic acids is 1. The van der Waals surface area contributed by atoms with Gasteiger partial charge >= 0.3 is 0 Å². The molecule has 1 fully saturated rings. The molecule has 4 rings (SSSR count). The van der Waals surface area contributed by atoms with Crippen molar-refractivity contribution in [3.63, 3.8) is 0 Å². The number of hydrogen-bond donors (Lipinski definition) is 1. The highest BCUT2D eigenvalue weighted by Gasteiger charge is 2.18. The highest BCUT2D eigenvalue weighted by molar-refractivity contribution is 7.13. The molecule has 3 heterocycles. The van der Waals surface area contributed by atoms with Gasteiger partial charge in [0.25, 0.3) is 5.91 Å². The first-order valence-electron chi connectivity index (χ1n) is 9.70. The summed E-state index contributed by atoms with van der Waals surface area (Å²) < 4.78 is 1.77. The van der Waals surface area contributed by atoms with Gasteiger partial charge in [0, 0.05) is 24.7 Å². The smallest absolute Gasteiger partial charge is 0.260 e. The van der Waals surface area contributed by atoms with Gasteiger partial charge in [0.15, 0.2) is 5.13 Å². The van der Waals surface area contributed by atoms with Gasteiger partial charge in [0.05, 0.1) is 24.0 Å². The molecule has 1 amide bonds. The van der Waals surface area contributed by atoms with Crippen LogP contribution in [-0.2, 0) is 13.1 Å². The van der Waals surface area contributed by atoms with E-state index in [2.05, 4.69) is 27.2 Å². The Balaban J connectivity index is 1.33. The van der Waals surface area contributed by atoms with E-state index in [1.807, 2.05) is 35.7 Å². The third kappa shape index (κ3) is 4.85. The number of likely N-dealkylation sites (tertiary alicyclic amines) is 1. The van der Waals surface area contributed by atoms with Crippen LogP contribution in [-0.4, -0.2) is 38.7 Å². The molecule has 146 valence electrons. The highest BCUT2D eigenvalue weighted by Crippen LogP contribution is 2.21. The predicted molar refractivity (Wildman–Crippen MR) is 112 cm³/mol. The van der Waals surface area contributed by atoms with Gasteiger partial charge in [0.1, 0.15) is 0 Å². The van der Waals surface area contributed by atoms with E-state index in [0.717, 1.165) is 36.8 Å². The number of anilines is 1. The summed E-state index contributed by atoms with van der Waals surface area (Å²) in [7, 11) is 0. The maximum Gasteiger partial charge on any atom is 0.260 e. The molecule has 1 aliphatic heterocycles. The number of hydrogen-bond acceptors (Lipinski definition) is 5. The molecule has 0 bridgehead atoms. The molecule has 0 aliphatic carbocycles. The summed E-state index contributed by atoms with van der Waals surface area (Å²) in [5.74, 6) is 0.575. The first-order chi connectivity index (χ1) is 13.7. The highest BCUT2D eigenvalue weighted by atomic mass is 32.1. The third-order valence-corrected chi connectivity index (χ3v) is 5.79. The molecule has 6 nitrogen and oxygen atoms in total. The van der Waals surface area contributed by atoms with E-state index in [1.165, 1.54) is 24.2 Å². The zero-order valence-corrected chi connectivity index (χ0v) is 16.9. The van der Waals surface area contributed by atoms with Crippen LogP contribution in [0.2, 0.25) is 0 Å². The standard InChI is InChI=1S/C21H25N5OS/c1-16-6-5-9-25(11-16)14-19-15-28-21(23-19)24-20(27)18-10-22-26(13-18)12-17-7-3-2-4-8-17/h2-4,7-8,10,13,15-16H,5-6,9,11-12,14H2,1H3,(H,23,24,27). The third-order valence-electron chi connectivity index (χ3n) is 4.98. The summed E-state index contributed by atoms with van der Waals surface area (Å²) in [6.07, 6.45) is 5.93. The van der Waals surface area contributed by atoms with E-state index in [9.17, 15) is 4.79 Å². The minimum absolute atomic E-state index is 0.174. The van der Waals surface area contributed by atoms with Crippen molar-refractivity contribution < 1.29 is 4.79 Å². The van der Waals surface area contributed by atoms with Crippen molar-refractivity contribution >= 4 is 22.4 Å². The average molecular weight is 396 g/mol. The van der Waals surface area contributed by atoms with E-state index in [4.69, 9.17) is 0 Å². The van der Waals surface area contributed by atoms with E-state index >= 15 is 0 Å². The molecule has 1 aliphatic rings. The van der Waals surface area contributed by atoms with Crippen molar-refractivity contribution in [2.75, 3.05) is 18.4 Å². The fraction of sp³-hybridized carbons (Fsp3) is 0.381. The number of benzene rings is 1. The lowest BCUT2D eigenvalue weighted by Gasteiger charge is -2.30. The van der Waals surface area contributed by atoms with E-state index in [0.29, 0.717) is 17.2 Å². The maximum absolute atomic E-state index is 12.5. The molecule has 7 heteroatoms. The molecule has 0 spiro atoms. The molecular weight excluding hydrogens is 370 g/mol. The first kappa shape index (κ1) is 18.8. The Morgan fingerprint density at radius 3 is 2.96 bits per heavy atom. The van der Waals surface area contributed by atoms with Crippen LogP contribution in [0.5, 0.6) is 0 Å². The second kappa shape index (κ2) is 8.67. The van der Waals surface area contributed by atoms with E-state index in [-0.39, 0.29) is 5.91 Å². The zero-order valence-electron chi connectivity index (χ0n) is 16.0. The zero-order chi connectivity index (χ0) is 19.3. The van der Waals surface area contributed by atoms with E-state index in [1.54, 1.807) is 17.1 Å². The van der Waals surface area contributed by atoms with Crippen molar-refractivity contribution in [3.8, 4) is 0 Å². The molecule has 1 saturated heterocycles. The van der Waals surface area contributed by atoms with Gasteiger partial charge in [-0.1, -0.05) is 37.3 Å². The largest absolute Gasteiger partial charge is 0.298 e. The molecule has 1 N–H and O–H groups in total. The number of carbonyl (C=O) groups is 1. The minimum atomic E-state index is -0.174. The van der Waals surface area contributed by atoms with Gasteiger partial charge in [0.2, 0.25) is 0 Å². The molecule has 3 aromatic rings. The van der Waals surface area contributed by atoms with Gasteiger partial charge in [-0.15, -0.1) is 11.3 Å². The SMILES string of the molecule is CC1CCCN(Cc2csc(NC(=O)c3cnn(Cc4ccccc4)c3)n2)C1. The average Bonchev–Trinajstić information content (AvgIpc) is 3.32. The number of piperidine rings is 1. The van der Waals surface area contributed by atoms with Crippen molar-refractivity contribution in [2.24, 2.45) is 5.92 Å². The second-order valence-electron chi connectivity index (χ2n) is 7.49. The number of nitrogens with one attached hydrogen (secondary N) is 1. The topological polar surface area (TPSA) is 63.1 Å². The van der Waals surface area contributed by atoms with Gasteiger partial charge in [-0.3, -0.25) is 19.7 Å². The van der Waals surface area contributed by atoms with Crippen molar-refractivity contribution in [1.29, 1.82) is 0 Å². The Kier molecular flexibility index (Phi) is 5.83. The van der Waals surface area contributed by atoms with Crippen molar-refractivity contribution in [1.82, 2.24) is 19.7 Å². The summed E-state index contributed by atoms with van der Waals surface area (Å²) >= 11 is 1.47.